The van der Waals surface area contributed by atoms with Crippen LogP contribution in [0.2, 0.25) is 0 Å². The topological polar surface area (TPSA) is 62.2 Å². The Morgan fingerprint density at radius 3 is 2.79 bits per heavy atom. The molecule has 1 aromatic heterocycles. The molecule has 4 heteroatoms. The molecule has 1 aliphatic rings. The summed E-state index contributed by atoms with van der Waals surface area (Å²) in [5.41, 5.74) is 0.850. The molecule has 0 spiro atoms. The Balaban J connectivity index is 2.10. The first-order valence-electron chi connectivity index (χ1n) is 7.09. The van der Waals surface area contributed by atoms with Gasteiger partial charge in [-0.05, 0) is 37.8 Å². The number of aromatic carboxylic acids is 1. The maximum absolute atomic E-state index is 11.0. The van der Waals surface area contributed by atoms with E-state index in [1.54, 1.807) is 19.1 Å². The number of hydrogen-bond donors (Lipinski definition) is 2. The normalized spacial score (nSPS) is 23.1. The molecule has 2 unspecified atom stereocenters. The van der Waals surface area contributed by atoms with Crippen molar-refractivity contribution in [3.63, 3.8) is 0 Å². The van der Waals surface area contributed by atoms with Gasteiger partial charge in [0.1, 0.15) is 5.82 Å². The lowest BCUT2D eigenvalue weighted by Crippen LogP contribution is -2.32. The fraction of sp³-hybridized carbons (Fsp3) is 0.600. The van der Waals surface area contributed by atoms with Crippen LogP contribution in [0, 0.1) is 12.8 Å². The van der Waals surface area contributed by atoms with Crippen molar-refractivity contribution in [1.82, 2.24) is 4.98 Å². The molecule has 0 saturated heterocycles. The van der Waals surface area contributed by atoms with Crippen LogP contribution >= 0.6 is 0 Å². The molecule has 2 atom stereocenters. The van der Waals surface area contributed by atoms with Gasteiger partial charge in [-0.25, -0.2) is 9.78 Å². The second-order valence-electron chi connectivity index (χ2n) is 5.34. The summed E-state index contributed by atoms with van der Waals surface area (Å²) in [7, 11) is 0. The molecule has 2 rings (SSSR count). The molecule has 0 aromatic carbocycles. The van der Waals surface area contributed by atoms with Crippen LogP contribution in [0.4, 0.5) is 5.82 Å². The van der Waals surface area contributed by atoms with E-state index in [2.05, 4.69) is 17.2 Å². The summed E-state index contributed by atoms with van der Waals surface area (Å²) in [6, 6.07) is 3.88. The molecule has 104 valence electrons. The van der Waals surface area contributed by atoms with Crippen LogP contribution in [-0.4, -0.2) is 22.1 Å². The van der Waals surface area contributed by atoms with Crippen molar-refractivity contribution in [2.24, 2.45) is 5.92 Å². The quantitative estimate of drug-likeness (QED) is 0.872. The third-order valence-corrected chi connectivity index (χ3v) is 4.08. The molecule has 4 nitrogen and oxygen atoms in total. The minimum atomic E-state index is -0.916. The molecule has 0 amide bonds. The van der Waals surface area contributed by atoms with Crippen LogP contribution in [-0.2, 0) is 0 Å². The van der Waals surface area contributed by atoms with Gasteiger partial charge in [-0.2, -0.15) is 0 Å². The summed E-state index contributed by atoms with van der Waals surface area (Å²) in [6.07, 6.45) is 6.23. The highest BCUT2D eigenvalue weighted by Gasteiger charge is 2.23. The number of aromatic nitrogens is 1. The number of pyridine rings is 1. The summed E-state index contributed by atoms with van der Waals surface area (Å²) in [5, 5.41) is 12.5. The SMILES string of the molecule is CCC1CCCCC1Nc1ccc(C(=O)O)c(C)n1. The molecule has 19 heavy (non-hydrogen) atoms. The first-order valence-corrected chi connectivity index (χ1v) is 7.09. The Hall–Kier alpha value is -1.58. The molecule has 1 fully saturated rings. The predicted molar refractivity (Wildman–Crippen MR) is 75.6 cm³/mol. The van der Waals surface area contributed by atoms with Gasteiger partial charge < -0.3 is 10.4 Å². The lowest BCUT2D eigenvalue weighted by Gasteiger charge is -2.32. The van der Waals surface area contributed by atoms with Gasteiger partial charge in [0.2, 0.25) is 0 Å². The van der Waals surface area contributed by atoms with Crippen LogP contribution in [0.25, 0.3) is 0 Å². The molecule has 1 aromatic rings. The third kappa shape index (κ3) is 3.25. The number of carboxylic acid groups (broad SMARTS) is 1. The predicted octanol–water partition coefficient (Wildman–Crippen LogP) is 3.47. The zero-order chi connectivity index (χ0) is 13.8. The zero-order valence-corrected chi connectivity index (χ0v) is 11.6. The summed E-state index contributed by atoms with van der Waals surface area (Å²) < 4.78 is 0. The summed E-state index contributed by atoms with van der Waals surface area (Å²) in [6.45, 7) is 3.98. The van der Waals surface area contributed by atoms with Gasteiger partial charge in [0.05, 0.1) is 11.3 Å². The molecule has 0 bridgehead atoms. The Labute approximate surface area is 114 Å². The standard InChI is InChI=1S/C15H22N2O2/c1-3-11-6-4-5-7-13(11)17-14-9-8-12(15(18)19)10(2)16-14/h8-9,11,13H,3-7H2,1-2H3,(H,16,17)(H,18,19). The van der Waals surface area contributed by atoms with Gasteiger partial charge in [0.25, 0.3) is 0 Å². The fourth-order valence-electron chi connectivity index (χ4n) is 2.94. The second kappa shape index (κ2) is 6.04. The third-order valence-electron chi connectivity index (χ3n) is 4.08. The van der Waals surface area contributed by atoms with Crippen molar-refractivity contribution >= 4 is 11.8 Å². The number of anilines is 1. The number of hydrogen-bond acceptors (Lipinski definition) is 3. The van der Waals surface area contributed by atoms with Crippen molar-refractivity contribution in [3.05, 3.63) is 23.4 Å². The molecule has 0 aliphatic heterocycles. The summed E-state index contributed by atoms with van der Waals surface area (Å²) in [5.74, 6) is 0.587. The highest BCUT2D eigenvalue weighted by atomic mass is 16.4. The monoisotopic (exact) mass is 262 g/mol. The van der Waals surface area contributed by atoms with Crippen LogP contribution in [0.15, 0.2) is 12.1 Å². The molecule has 1 aliphatic carbocycles. The minimum Gasteiger partial charge on any atom is -0.478 e. The molecular formula is C15H22N2O2. The molecule has 1 saturated carbocycles. The van der Waals surface area contributed by atoms with Crippen LogP contribution in [0.3, 0.4) is 0 Å². The molecule has 1 heterocycles. The van der Waals surface area contributed by atoms with Crippen molar-refractivity contribution in [2.45, 2.75) is 52.0 Å². The van der Waals surface area contributed by atoms with Gasteiger partial charge in [-0.1, -0.05) is 26.2 Å². The van der Waals surface area contributed by atoms with Gasteiger partial charge in [0, 0.05) is 6.04 Å². The largest absolute Gasteiger partial charge is 0.478 e. The van der Waals surface area contributed by atoms with Crippen molar-refractivity contribution in [1.29, 1.82) is 0 Å². The first kappa shape index (κ1) is 13.8. The van der Waals surface area contributed by atoms with Crippen LogP contribution < -0.4 is 5.32 Å². The first-order chi connectivity index (χ1) is 9.11. The number of aryl methyl sites for hydroxylation is 1. The Kier molecular flexibility index (Phi) is 4.40. The van der Waals surface area contributed by atoms with Gasteiger partial charge in [-0.3, -0.25) is 0 Å². The summed E-state index contributed by atoms with van der Waals surface area (Å²) >= 11 is 0. The van der Waals surface area contributed by atoms with E-state index in [4.69, 9.17) is 5.11 Å². The number of nitrogens with zero attached hydrogens (tertiary/aromatic N) is 1. The van der Waals surface area contributed by atoms with Crippen molar-refractivity contribution in [2.75, 3.05) is 5.32 Å². The van der Waals surface area contributed by atoms with Crippen molar-refractivity contribution < 1.29 is 9.90 Å². The van der Waals surface area contributed by atoms with Crippen LogP contribution in [0.5, 0.6) is 0 Å². The Bertz CT molecular complexity index is 459. The Morgan fingerprint density at radius 1 is 1.42 bits per heavy atom. The lowest BCUT2D eigenvalue weighted by atomic mass is 9.83. The molecule has 0 radical (unpaired) electrons. The van der Waals surface area contributed by atoms with E-state index in [0.717, 1.165) is 5.82 Å². The van der Waals surface area contributed by atoms with Crippen LogP contribution in [0.1, 0.15) is 55.1 Å². The fourth-order valence-corrected chi connectivity index (χ4v) is 2.94. The minimum absolute atomic E-state index is 0.279. The highest BCUT2D eigenvalue weighted by molar-refractivity contribution is 5.89. The smallest absolute Gasteiger partial charge is 0.337 e. The average Bonchev–Trinajstić information content (AvgIpc) is 2.39. The second-order valence-corrected chi connectivity index (χ2v) is 5.34. The van der Waals surface area contributed by atoms with Gasteiger partial charge >= 0.3 is 5.97 Å². The average molecular weight is 262 g/mol. The summed E-state index contributed by atoms with van der Waals surface area (Å²) in [4.78, 5) is 15.3. The van der Waals surface area contributed by atoms with E-state index in [0.29, 0.717) is 17.7 Å². The van der Waals surface area contributed by atoms with E-state index in [-0.39, 0.29) is 5.56 Å². The maximum Gasteiger partial charge on any atom is 0.337 e. The highest BCUT2D eigenvalue weighted by Crippen LogP contribution is 2.29. The van der Waals surface area contributed by atoms with E-state index in [9.17, 15) is 4.79 Å². The van der Waals surface area contributed by atoms with Gasteiger partial charge in [0.15, 0.2) is 0 Å². The molecule has 2 N–H and O–H groups in total. The van der Waals surface area contributed by atoms with E-state index in [1.165, 1.54) is 32.1 Å². The number of nitrogens with one attached hydrogen (secondary N) is 1. The van der Waals surface area contributed by atoms with E-state index < -0.39 is 5.97 Å². The van der Waals surface area contributed by atoms with Gasteiger partial charge in [-0.15, -0.1) is 0 Å². The number of carbonyl (C=O) groups is 1. The number of rotatable bonds is 4. The lowest BCUT2D eigenvalue weighted by molar-refractivity contribution is 0.0695. The molecular weight excluding hydrogens is 240 g/mol. The maximum atomic E-state index is 11.0. The van der Waals surface area contributed by atoms with Crippen molar-refractivity contribution in [3.8, 4) is 0 Å². The van der Waals surface area contributed by atoms with E-state index >= 15 is 0 Å². The zero-order valence-electron chi connectivity index (χ0n) is 11.6. The Morgan fingerprint density at radius 2 is 2.16 bits per heavy atom. The van der Waals surface area contributed by atoms with E-state index in [1.807, 2.05) is 0 Å². The number of carboxylic acids is 1.